The summed E-state index contributed by atoms with van der Waals surface area (Å²) in [4.78, 5) is 27.8. The Balaban J connectivity index is 1.62. The van der Waals surface area contributed by atoms with Gasteiger partial charge < -0.3 is 15.5 Å². The Labute approximate surface area is 192 Å². The van der Waals surface area contributed by atoms with Crippen molar-refractivity contribution in [1.29, 1.82) is 0 Å². The Morgan fingerprint density at radius 1 is 0.906 bits per heavy atom. The minimum Gasteiger partial charge on any atom is -0.371 e. The normalized spacial score (nSPS) is 13.2. The van der Waals surface area contributed by atoms with Crippen molar-refractivity contribution >= 4 is 23.2 Å². The van der Waals surface area contributed by atoms with Gasteiger partial charge in [-0.1, -0.05) is 69.4 Å². The number of unbranched alkanes of at least 4 members (excludes halogenated alkanes) is 5. The quantitative estimate of drug-likeness (QED) is 0.408. The molecule has 0 unspecified atom stereocenters. The maximum absolute atomic E-state index is 13.1. The first-order valence-corrected chi connectivity index (χ1v) is 12.2. The molecule has 0 aromatic heterocycles. The van der Waals surface area contributed by atoms with E-state index in [-0.39, 0.29) is 11.8 Å². The Morgan fingerprint density at radius 2 is 1.62 bits per heavy atom. The summed E-state index contributed by atoms with van der Waals surface area (Å²) >= 11 is 0. The van der Waals surface area contributed by atoms with Crippen molar-refractivity contribution in [3.8, 4) is 0 Å². The predicted octanol–water partition coefficient (Wildman–Crippen LogP) is 5.91. The van der Waals surface area contributed by atoms with Gasteiger partial charge in [0, 0.05) is 37.4 Å². The molecule has 1 aliphatic rings. The summed E-state index contributed by atoms with van der Waals surface area (Å²) < 4.78 is 0. The fourth-order valence-corrected chi connectivity index (χ4v) is 4.19. The molecule has 2 N–H and O–H groups in total. The van der Waals surface area contributed by atoms with Gasteiger partial charge in [0.25, 0.3) is 5.91 Å². The lowest BCUT2D eigenvalue weighted by atomic mass is 10.1. The summed E-state index contributed by atoms with van der Waals surface area (Å²) in [5.74, 6) is -0.0900. The molecule has 0 radical (unpaired) electrons. The third-order valence-electron chi connectivity index (χ3n) is 6.02. The molecule has 1 fully saturated rings. The maximum atomic E-state index is 13.1. The summed E-state index contributed by atoms with van der Waals surface area (Å²) in [5.41, 5.74) is 3.32. The molecule has 2 aromatic rings. The lowest BCUT2D eigenvalue weighted by Crippen LogP contribution is -2.27. The van der Waals surface area contributed by atoms with E-state index in [1.54, 1.807) is 0 Å². The second kappa shape index (κ2) is 12.9. The number of hydrogen-bond donors (Lipinski definition) is 2. The van der Waals surface area contributed by atoms with E-state index >= 15 is 0 Å². The summed E-state index contributed by atoms with van der Waals surface area (Å²) in [7, 11) is 0. The molecule has 32 heavy (non-hydrogen) atoms. The van der Waals surface area contributed by atoms with Crippen LogP contribution in [0.25, 0.3) is 0 Å². The minimum atomic E-state index is -0.109. The summed E-state index contributed by atoms with van der Waals surface area (Å²) in [6, 6.07) is 15.6. The monoisotopic (exact) mass is 435 g/mol. The van der Waals surface area contributed by atoms with E-state index < -0.39 is 0 Å². The Kier molecular flexibility index (Phi) is 9.60. The average molecular weight is 436 g/mol. The number of hydrogen-bond acceptors (Lipinski definition) is 3. The van der Waals surface area contributed by atoms with Crippen LogP contribution in [0.4, 0.5) is 11.4 Å². The SMILES string of the molecule is CCCCCCCCC(=O)Nc1ccc(N2CCCC2)c(C(=O)NCc2ccccc2)c1. The predicted molar refractivity (Wildman–Crippen MR) is 132 cm³/mol. The van der Waals surface area contributed by atoms with Crippen LogP contribution >= 0.6 is 0 Å². The largest absolute Gasteiger partial charge is 0.371 e. The summed E-state index contributed by atoms with van der Waals surface area (Å²) in [6.45, 7) is 4.61. The van der Waals surface area contributed by atoms with Gasteiger partial charge in [0.05, 0.1) is 5.56 Å². The Morgan fingerprint density at radius 3 is 2.38 bits per heavy atom. The highest BCUT2D eigenvalue weighted by Crippen LogP contribution is 2.28. The zero-order chi connectivity index (χ0) is 22.6. The lowest BCUT2D eigenvalue weighted by Gasteiger charge is -2.22. The number of benzene rings is 2. The minimum absolute atomic E-state index is 0.0186. The topological polar surface area (TPSA) is 61.4 Å². The first kappa shape index (κ1) is 23.8. The van der Waals surface area contributed by atoms with E-state index in [4.69, 9.17) is 0 Å². The van der Waals surface area contributed by atoms with Crippen LogP contribution in [-0.2, 0) is 11.3 Å². The summed E-state index contributed by atoms with van der Waals surface area (Å²) in [6.07, 6.45) is 9.74. The van der Waals surface area contributed by atoms with E-state index in [1.807, 2.05) is 48.5 Å². The van der Waals surface area contributed by atoms with Gasteiger partial charge in [-0.25, -0.2) is 0 Å². The van der Waals surface area contributed by atoms with Gasteiger partial charge in [-0.05, 0) is 43.0 Å². The average Bonchev–Trinajstić information content (AvgIpc) is 3.35. The molecule has 2 aromatic carbocycles. The van der Waals surface area contributed by atoms with Crippen LogP contribution in [0.5, 0.6) is 0 Å². The van der Waals surface area contributed by atoms with Crippen molar-refractivity contribution in [3.05, 3.63) is 59.7 Å². The molecule has 0 saturated carbocycles. The van der Waals surface area contributed by atoms with E-state index in [9.17, 15) is 9.59 Å². The second-order valence-electron chi connectivity index (χ2n) is 8.66. The number of anilines is 2. The van der Waals surface area contributed by atoms with E-state index in [0.717, 1.165) is 50.0 Å². The molecule has 5 nitrogen and oxygen atoms in total. The van der Waals surface area contributed by atoms with Crippen molar-refractivity contribution in [1.82, 2.24) is 5.32 Å². The Bertz CT molecular complexity index is 860. The Hall–Kier alpha value is -2.82. The van der Waals surface area contributed by atoms with Gasteiger partial charge in [0.15, 0.2) is 0 Å². The molecule has 1 aliphatic heterocycles. The molecule has 0 bridgehead atoms. The van der Waals surface area contributed by atoms with E-state index in [1.165, 1.54) is 25.7 Å². The molecule has 3 rings (SSSR count). The highest BCUT2D eigenvalue weighted by Gasteiger charge is 2.20. The van der Waals surface area contributed by atoms with Gasteiger partial charge in [-0.15, -0.1) is 0 Å². The lowest BCUT2D eigenvalue weighted by molar-refractivity contribution is -0.116. The zero-order valence-electron chi connectivity index (χ0n) is 19.4. The first-order valence-electron chi connectivity index (χ1n) is 12.2. The maximum Gasteiger partial charge on any atom is 0.253 e. The molecule has 0 aliphatic carbocycles. The van der Waals surface area contributed by atoms with Crippen LogP contribution < -0.4 is 15.5 Å². The fraction of sp³-hybridized carbons (Fsp3) is 0.481. The summed E-state index contributed by atoms with van der Waals surface area (Å²) in [5, 5.41) is 6.03. The van der Waals surface area contributed by atoms with Crippen LogP contribution in [0.1, 0.15) is 80.6 Å². The van der Waals surface area contributed by atoms with Crippen molar-refractivity contribution in [2.45, 2.75) is 71.3 Å². The van der Waals surface area contributed by atoms with Gasteiger partial charge in [-0.2, -0.15) is 0 Å². The fourth-order valence-electron chi connectivity index (χ4n) is 4.19. The van der Waals surface area contributed by atoms with E-state index in [2.05, 4.69) is 22.5 Å². The van der Waals surface area contributed by atoms with E-state index in [0.29, 0.717) is 24.2 Å². The van der Waals surface area contributed by atoms with Crippen LogP contribution in [0, 0.1) is 0 Å². The first-order chi connectivity index (χ1) is 15.7. The molecule has 5 heteroatoms. The highest BCUT2D eigenvalue weighted by atomic mass is 16.2. The van der Waals surface area contributed by atoms with Crippen LogP contribution in [0.3, 0.4) is 0 Å². The zero-order valence-corrected chi connectivity index (χ0v) is 19.4. The molecule has 0 spiro atoms. The third-order valence-corrected chi connectivity index (χ3v) is 6.02. The molecule has 2 amide bonds. The molecule has 1 saturated heterocycles. The number of nitrogens with one attached hydrogen (secondary N) is 2. The number of nitrogens with zero attached hydrogens (tertiary/aromatic N) is 1. The molecule has 1 heterocycles. The molecular weight excluding hydrogens is 398 g/mol. The standard InChI is InChI=1S/C27H37N3O2/c1-2-3-4-5-6-10-15-26(31)29-23-16-17-25(30-18-11-12-19-30)24(20-23)27(32)28-21-22-13-8-7-9-14-22/h7-9,13-14,16-17,20H,2-6,10-12,15,18-19,21H2,1H3,(H,28,32)(H,29,31). The number of carbonyl (C=O) groups excluding carboxylic acids is 2. The van der Waals surface area contributed by atoms with Crippen molar-refractivity contribution < 1.29 is 9.59 Å². The van der Waals surface area contributed by atoms with Gasteiger partial charge in [-0.3, -0.25) is 9.59 Å². The van der Waals surface area contributed by atoms with Crippen LogP contribution in [0.15, 0.2) is 48.5 Å². The number of amides is 2. The number of carbonyl (C=O) groups is 2. The van der Waals surface area contributed by atoms with Crippen LogP contribution in [0.2, 0.25) is 0 Å². The highest BCUT2D eigenvalue weighted by molar-refractivity contribution is 6.02. The molecular formula is C27H37N3O2. The molecule has 172 valence electrons. The van der Waals surface area contributed by atoms with Gasteiger partial charge in [0.1, 0.15) is 0 Å². The van der Waals surface area contributed by atoms with Crippen molar-refractivity contribution in [3.63, 3.8) is 0 Å². The third kappa shape index (κ3) is 7.40. The smallest absolute Gasteiger partial charge is 0.253 e. The van der Waals surface area contributed by atoms with Gasteiger partial charge in [0.2, 0.25) is 5.91 Å². The van der Waals surface area contributed by atoms with Crippen LogP contribution in [-0.4, -0.2) is 24.9 Å². The van der Waals surface area contributed by atoms with Crippen molar-refractivity contribution in [2.24, 2.45) is 0 Å². The second-order valence-corrected chi connectivity index (χ2v) is 8.66. The molecule has 0 atom stereocenters. The van der Waals surface area contributed by atoms with Crippen molar-refractivity contribution in [2.75, 3.05) is 23.3 Å². The number of rotatable bonds is 12. The van der Waals surface area contributed by atoms with Gasteiger partial charge >= 0.3 is 0 Å².